The molecule has 0 amide bonds. The minimum Gasteiger partial charge on any atom is -0.383 e. The molecule has 1 aliphatic carbocycles. The van der Waals surface area contributed by atoms with Gasteiger partial charge in [0.15, 0.2) is 6.23 Å². The van der Waals surface area contributed by atoms with Crippen LogP contribution in [-0.2, 0) is 11.3 Å². The van der Waals surface area contributed by atoms with Crippen LogP contribution >= 0.6 is 0 Å². The smallest absolute Gasteiger partial charge is 0.168 e. The molecule has 3 N–H and O–H groups in total. The lowest BCUT2D eigenvalue weighted by atomic mass is 10.1. The van der Waals surface area contributed by atoms with E-state index in [1.54, 1.807) is 13.4 Å². The molecule has 0 aliphatic heterocycles. The SMILES string of the molecule is CCCN(CC1CC1)c1cc(C(O)Nc2ccc(CNCCOC)cc2C)ncn1. The largest absolute Gasteiger partial charge is 0.383 e. The second-order valence-electron chi connectivity index (χ2n) is 8.06. The van der Waals surface area contributed by atoms with Crippen molar-refractivity contribution >= 4 is 11.5 Å². The number of methoxy groups -OCH3 is 1. The molecule has 164 valence electrons. The van der Waals surface area contributed by atoms with Crippen LogP contribution in [0.4, 0.5) is 11.5 Å². The molecule has 1 unspecified atom stereocenters. The van der Waals surface area contributed by atoms with Gasteiger partial charge < -0.3 is 25.4 Å². The summed E-state index contributed by atoms with van der Waals surface area (Å²) >= 11 is 0. The molecule has 30 heavy (non-hydrogen) atoms. The number of hydrogen-bond donors (Lipinski definition) is 3. The van der Waals surface area contributed by atoms with Gasteiger partial charge in [-0.1, -0.05) is 19.1 Å². The van der Waals surface area contributed by atoms with Gasteiger partial charge in [-0.05, 0) is 49.3 Å². The average molecular weight is 414 g/mol. The van der Waals surface area contributed by atoms with Crippen LogP contribution in [0.3, 0.4) is 0 Å². The number of aryl methyl sites for hydroxylation is 1. The van der Waals surface area contributed by atoms with Crippen LogP contribution in [0.2, 0.25) is 0 Å². The van der Waals surface area contributed by atoms with Crippen molar-refractivity contribution in [3.63, 3.8) is 0 Å². The van der Waals surface area contributed by atoms with E-state index < -0.39 is 6.23 Å². The lowest BCUT2D eigenvalue weighted by Crippen LogP contribution is -2.28. The second-order valence-corrected chi connectivity index (χ2v) is 8.06. The van der Waals surface area contributed by atoms with Crippen LogP contribution in [0.25, 0.3) is 0 Å². The number of nitrogens with zero attached hydrogens (tertiary/aromatic N) is 3. The lowest BCUT2D eigenvalue weighted by Gasteiger charge is -2.24. The van der Waals surface area contributed by atoms with Gasteiger partial charge in [0.2, 0.25) is 0 Å². The predicted octanol–water partition coefficient (Wildman–Crippen LogP) is 3.25. The summed E-state index contributed by atoms with van der Waals surface area (Å²) in [4.78, 5) is 11.1. The van der Waals surface area contributed by atoms with Gasteiger partial charge in [0, 0.05) is 45.0 Å². The van der Waals surface area contributed by atoms with Gasteiger partial charge in [-0.2, -0.15) is 0 Å². The number of aliphatic hydroxyl groups excluding tert-OH is 1. The third-order valence-corrected chi connectivity index (χ3v) is 5.34. The number of anilines is 2. The highest BCUT2D eigenvalue weighted by Gasteiger charge is 2.25. The summed E-state index contributed by atoms with van der Waals surface area (Å²) in [7, 11) is 1.70. The van der Waals surface area contributed by atoms with Crippen molar-refractivity contribution in [2.45, 2.75) is 45.9 Å². The minimum atomic E-state index is -0.888. The maximum atomic E-state index is 10.8. The van der Waals surface area contributed by atoms with Crippen molar-refractivity contribution in [3.8, 4) is 0 Å². The van der Waals surface area contributed by atoms with E-state index in [0.717, 1.165) is 55.6 Å². The zero-order valence-electron chi connectivity index (χ0n) is 18.4. The summed E-state index contributed by atoms with van der Waals surface area (Å²) < 4.78 is 5.05. The van der Waals surface area contributed by atoms with Gasteiger partial charge in [0.25, 0.3) is 0 Å². The van der Waals surface area contributed by atoms with Gasteiger partial charge in [-0.15, -0.1) is 0 Å². The first-order chi connectivity index (χ1) is 14.6. The molecule has 0 saturated heterocycles. The molecule has 1 aromatic heterocycles. The van der Waals surface area contributed by atoms with Crippen LogP contribution in [-0.4, -0.2) is 48.4 Å². The molecule has 1 fully saturated rings. The zero-order chi connectivity index (χ0) is 21.3. The zero-order valence-corrected chi connectivity index (χ0v) is 18.4. The van der Waals surface area contributed by atoms with E-state index in [4.69, 9.17) is 4.74 Å². The third-order valence-electron chi connectivity index (χ3n) is 5.34. The lowest BCUT2D eigenvalue weighted by molar-refractivity contribution is 0.199. The summed E-state index contributed by atoms with van der Waals surface area (Å²) in [6.07, 6.45) is 4.34. The van der Waals surface area contributed by atoms with Crippen LogP contribution in [0, 0.1) is 12.8 Å². The molecule has 7 nitrogen and oxygen atoms in total. The maximum absolute atomic E-state index is 10.8. The summed E-state index contributed by atoms with van der Waals surface area (Å²) in [6.45, 7) is 8.52. The van der Waals surface area contributed by atoms with Crippen molar-refractivity contribution in [1.82, 2.24) is 15.3 Å². The molecular weight excluding hydrogens is 378 g/mol. The molecule has 1 saturated carbocycles. The molecule has 1 atom stereocenters. The Kier molecular flexibility index (Phi) is 8.42. The van der Waals surface area contributed by atoms with E-state index >= 15 is 0 Å². The highest BCUT2D eigenvalue weighted by atomic mass is 16.5. The monoisotopic (exact) mass is 413 g/mol. The number of rotatable bonds is 13. The van der Waals surface area contributed by atoms with E-state index in [-0.39, 0.29) is 0 Å². The molecule has 0 spiro atoms. The molecule has 3 rings (SSSR count). The number of aromatic nitrogens is 2. The Labute approximate surface area is 179 Å². The second kappa shape index (κ2) is 11.2. The Morgan fingerprint density at radius 1 is 1.27 bits per heavy atom. The Morgan fingerprint density at radius 2 is 2.10 bits per heavy atom. The summed E-state index contributed by atoms with van der Waals surface area (Å²) in [6, 6.07) is 8.09. The summed E-state index contributed by atoms with van der Waals surface area (Å²) in [5, 5.41) is 17.3. The van der Waals surface area contributed by atoms with Crippen molar-refractivity contribution in [2.24, 2.45) is 5.92 Å². The standard InChI is InChI=1S/C23H35N5O2/c1-4-10-28(15-18-5-6-18)22-13-21(25-16-26-22)23(29)27-20-8-7-19(12-17(20)2)14-24-9-11-30-3/h7-8,12-13,16,18,23-24,27,29H,4-6,9-11,14-15H2,1-3H3. The summed E-state index contributed by atoms with van der Waals surface area (Å²) in [5.41, 5.74) is 3.76. The van der Waals surface area contributed by atoms with Crippen LogP contribution < -0.4 is 15.5 Å². The molecule has 1 heterocycles. The Hall–Kier alpha value is -2.22. The average Bonchev–Trinajstić information content (AvgIpc) is 3.57. The van der Waals surface area contributed by atoms with Gasteiger partial charge in [-0.3, -0.25) is 0 Å². The predicted molar refractivity (Wildman–Crippen MR) is 121 cm³/mol. The topological polar surface area (TPSA) is 82.5 Å². The molecule has 1 aromatic carbocycles. The number of aliphatic hydroxyl groups is 1. The molecule has 1 aliphatic rings. The quantitative estimate of drug-likeness (QED) is 0.343. The van der Waals surface area contributed by atoms with Crippen LogP contribution in [0.15, 0.2) is 30.6 Å². The Balaban J connectivity index is 1.63. The highest BCUT2D eigenvalue weighted by Crippen LogP contribution is 2.31. The van der Waals surface area contributed by atoms with E-state index in [0.29, 0.717) is 12.3 Å². The number of ether oxygens (including phenoxy) is 1. The number of nitrogens with one attached hydrogen (secondary N) is 2. The van der Waals surface area contributed by atoms with Crippen molar-refractivity contribution in [3.05, 3.63) is 47.4 Å². The van der Waals surface area contributed by atoms with Gasteiger partial charge in [0.1, 0.15) is 12.1 Å². The Morgan fingerprint density at radius 3 is 2.80 bits per heavy atom. The van der Waals surface area contributed by atoms with Crippen LogP contribution in [0.1, 0.15) is 49.2 Å². The fraction of sp³-hybridized carbons (Fsp3) is 0.565. The van der Waals surface area contributed by atoms with Crippen LogP contribution in [0.5, 0.6) is 0 Å². The van der Waals surface area contributed by atoms with E-state index in [1.165, 1.54) is 18.4 Å². The molecule has 7 heteroatoms. The molecular formula is C23H35N5O2. The number of benzene rings is 1. The van der Waals surface area contributed by atoms with Crippen molar-refractivity contribution in [1.29, 1.82) is 0 Å². The minimum absolute atomic E-state index is 0.585. The first-order valence-corrected chi connectivity index (χ1v) is 10.9. The molecule has 2 aromatic rings. The van der Waals surface area contributed by atoms with Gasteiger partial charge >= 0.3 is 0 Å². The highest BCUT2D eigenvalue weighted by molar-refractivity contribution is 5.53. The Bertz CT molecular complexity index is 797. The van der Waals surface area contributed by atoms with E-state index in [9.17, 15) is 5.11 Å². The fourth-order valence-electron chi connectivity index (χ4n) is 3.49. The normalized spacial score (nSPS) is 14.5. The number of hydrogen-bond acceptors (Lipinski definition) is 7. The first-order valence-electron chi connectivity index (χ1n) is 10.9. The fourth-order valence-corrected chi connectivity index (χ4v) is 3.49. The van der Waals surface area contributed by atoms with Crippen molar-refractivity contribution < 1.29 is 9.84 Å². The summed E-state index contributed by atoms with van der Waals surface area (Å²) in [5.74, 6) is 1.67. The molecule has 0 bridgehead atoms. The molecule has 0 radical (unpaired) electrons. The van der Waals surface area contributed by atoms with E-state index in [1.807, 2.05) is 19.1 Å². The van der Waals surface area contributed by atoms with Crippen molar-refractivity contribution in [2.75, 3.05) is 43.6 Å². The van der Waals surface area contributed by atoms with E-state index in [2.05, 4.69) is 44.6 Å². The van der Waals surface area contributed by atoms with Gasteiger partial charge in [-0.25, -0.2) is 9.97 Å². The third kappa shape index (κ3) is 6.65. The first kappa shape index (κ1) is 22.5. The maximum Gasteiger partial charge on any atom is 0.168 e. The van der Waals surface area contributed by atoms with Gasteiger partial charge in [0.05, 0.1) is 12.3 Å².